The fourth-order valence-corrected chi connectivity index (χ4v) is 3.91. The van der Waals surface area contributed by atoms with Crippen molar-refractivity contribution in [3.8, 4) is 5.75 Å². The zero-order valence-corrected chi connectivity index (χ0v) is 19.9. The molecule has 0 spiro atoms. The van der Waals surface area contributed by atoms with Crippen LogP contribution in [0.4, 0.5) is 20.2 Å². The van der Waals surface area contributed by atoms with Gasteiger partial charge in [-0.15, -0.1) is 0 Å². The highest BCUT2D eigenvalue weighted by molar-refractivity contribution is 8.14. The number of nitrogens with one attached hydrogen (secondary N) is 1. The Hall–Kier alpha value is -3.40. The zero-order valence-electron chi connectivity index (χ0n) is 19.1. The summed E-state index contributed by atoms with van der Waals surface area (Å²) in [6.45, 7) is -0.422. The van der Waals surface area contributed by atoms with Crippen LogP contribution < -0.4 is 19.9 Å². The molecule has 0 saturated heterocycles. The molecule has 2 aromatic carbocycles. The zero-order chi connectivity index (χ0) is 24.7. The molecule has 3 rings (SSSR count). The fourth-order valence-electron chi connectivity index (χ4n) is 3.07. The van der Waals surface area contributed by atoms with Crippen molar-refractivity contribution < 1.29 is 23.1 Å². The first-order valence-electron chi connectivity index (χ1n) is 10.6. The molecule has 1 N–H and O–H groups in total. The maximum Gasteiger partial charge on any atom is 0.387 e. The molecule has 180 valence electrons. The Kier molecular flexibility index (Phi) is 8.64. The number of benzene rings is 2. The third-order valence-electron chi connectivity index (χ3n) is 4.77. The molecule has 10 heteroatoms. The van der Waals surface area contributed by atoms with Crippen LogP contribution in [0.3, 0.4) is 0 Å². The highest BCUT2D eigenvalue weighted by Gasteiger charge is 2.32. The average molecular weight is 489 g/mol. The summed E-state index contributed by atoms with van der Waals surface area (Å²) in [7, 11) is 3.88. The van der Waals surface area contributed by atoms with Crippen molar-refractivity contribution >= 4 is 46.2 Å². The topological polar surface area (TPSA) is 74.2 Å². The number of nitrogens with zero attached hydrogens (tertiary/aromatic N) is 3. The molecular formula is C24H26F2N4O3S. The van der Waals surface area contributed by atoms with E-state index in [1.165, 1.54) is 29.2 Å². The number of hydrogen-bond acceptors (Lipinski definition) is 6. The quantitative estimate of drug-likeness (QED) is 0.531. The van der Waals surface area contributed by atoms with E-state index in [-0.39, 0.29) is 29.0 Å². The summed E-state index contributed by atoms with van der Waals surface area (Å²) in [6.07, 6.45) is 2.49. The number of amides is 2. The summed E-state index contributed by atoms with van der Waals surface area (Å²) in [5.74, 6) is -0.484. The van der Waals surface area contributed by atoms with Crippen LogP contribution in [0, 0.1) is 0 Å². The lowest BCUT2D eigenvalue weighted by Crippen LogP contribution is -2.32. The summed E-state index contributed by atoms with van der Waals surface area (Å²) < 4.78 is 29.4. The summed E-state index contributed by atoms with van der Waals surface area (Å²) >= 11 is 1.13. The molecule has 0 fully saturated rings. The fraction of sp³-hybridized carbons (Fsp3) is 0.292. The number of hydrogen-bond donors (Lipinski definition) is 1. The van der Waals surface area contributed by atoms with Gasteiger partial charge in [-0.05, 0) is 54.5 Å². The van der Waals surface area contributed by atoms with Crippen molar-refractivity contribution in [2.24, 2.45) is 4.99 Å². The van der Waals surface area contributed by atoms with Crippen molar-refractivity contribution in [3.05, 3.63) is 59.8 Å². The lowest BCUT2D eigenvalue weighted by atomic mass is 10.1. The number of anilines is 2. The van der Waals surface area contributed by atoms with E-state index in [1.54, 1.807) is 6.08 Å². The van der Waals surface area contributed by atoms with E-state index in [0.717, 1.165) is 29.4 Å². The first-order chi connectivity index (χ1) is 16.3. The summed E-state index contributed by atoms with van der Waals surface area (Å²) in [4.78, 5) is 33.2. The van der Waals surface area contributed by atoms with Gasteiger partial charge >= 0.3 is 6.61 Å². The first-order valence-corrected chi connectivity index (χ1v) is 11.6. The van der Waals surface area contributed by atoms with Gasteiger partial charge in [-0.1, -0.05) is 30.8 Å². The Morgan fingerprint density at radius 3 is 2.44 bits per heavy atom. The Morgan fingerprint density at radius 1 is 1.18 bits per heavy atom. The van der Waals surface area contributed by atoms with Crippen LogP contribution in [0.5, 0.6) is 5.75 Å². The number of carbonyl (C=O) groups is 2. The van der Waals surface area contributed by atoms with Crippen LogP contribution in [0.15, 0.2) is 59.2 Å². The summed E-state index contributed by atoms with van der Waals surface area (Å²) in [5.41, 5.74) is 2.45. The predicted octanol–water partition coefficient (Wildman–Crippen LogP) is 4.36. The van der Waals surface area contributed by atoms with Crippen molar-refractivity contribution in [1.29, 1.82) is 0 Å². The van der Waals surface area contributed by atoms with Gasteiger partial charge in [-0.2, -0.15) is 8.78 Å². The van der Waals surface area contributed by atoms with E-state index in [4.69, 9.17) is 0 Å². The van der Waals surface area contributed by atoms with Crippen molar-refractivity contribution in [2.45, 2.75) is 20.0 Å². The number of thioether (sulfide) groups is 1. The SMILES string of the molecule is CCCNC(=O)CSC1=N/C(=C/c2ccc(N(C)C)cc2)C(=O)N1c1ccc(OC(F)F)cc1. The van der Waals surface area contributed by atoms with Crippen LogP contribution in [-0.4, -0.2) is 50.0 Å². The number of ether oxygens (including phenoxy) is 1. The molecule has 0 aliphatic carbocycles. The van der Waals surface area contributed by atoms with E-state index in [2.05, 4.69) is 15.0 Å². The molecule has 2 amide bonds. The standard InChI is InChI=1S/C24H26F2N4O3S/c1-4-13-27-21(31)15-34-24-28-20(14-16-5-7-17(8-6-16)29(2)3)22(32)30(24)18-9-11-19(12-10-18)33-23(25)26/h5-12,14,23H,4,13,15H2,1-3H3,(H,27,31)/b20-14+. The molecule has 2 aromatic rings. The summed E-state index contributed by atoms with van der Waals surface area (Å²) in [6, 6.07) is 13.3. The molecule has 0 saturated carbocycles. The smallest absolute Gasteiger partial charge is 0.387 e. The van der Waals surface area contributed by atoms with Crippen molar-refractivity contribution in [2.75, 3.05) is 36.2 Å². The monoisotopic (exact) mass is 488 g/mol. The van der Waals surface area contributed by atoms with Gasteiger partial charge < -0.3 is 15.0 Å². The van der Waals surface area contributed by atoms with Crippen LogP contribution in [0.1, 0.15) is 18.9 Å². The minimum absolute atomic E-state index is 0.0211. The Morgan fingerprint density at radius 2 is 1.85 bits per heavy atom. The second kappa shape index (κ2) is 11.6. The minimum atomic E-state index is -2.94. The average Bonchev–Trinajstić information content (AvgIpc) is 3.11. The van der Waals surface area contributed by atoms with E-state index in [9.17, 15) is 18.4 Å². The van der Waals surface area contributed by atoms with Crippen LogP contribution in [0.25, 0.3) is 6.08 Å². The van der Waals surface area contributed by atoms with Gasteiger partial charge in [-0.25, -0.2) is 4.99 Å². The highest BCUT2D eigenvalue weighted by Crippen LogP contribution is 2.31. The first kappa shape index (κ1) is 25.2. The van der Waals surface area contributed by atoms with Gasteiger partial charge in [0.25, 0.3) is 5.91 Å². The van der Waals surface area contributed by atoms with Gasteiger partial charge in [0.1, 0.15) is 11.4 Å². The normalized spacial score (nSPS) is 14.5. The Bertz CT molecular complexity index is 1070. The molecule has 0 unspecified atom stereocenters. The molecule has 0 radical (unpaired) electrons. The predicted molar refractivity (Wildman–Crippen MR) is 132 cm³/mol. The number of halogens is 2. The van der Waals surface area contributed by atoms with E-state index >= 15 is 0 Å². The number of carbonyl (C=O) groups excluding carboxylic acids is 2. The highest BCUT2D eigenvalue weighted by atomic mass is 32.2. The molecule has 1 aliphatic rings. The number of amidine groups is 1. The Labute approximate surface area is 201 Å². The number of aliphatic imine (C=N–C) groups is 1. The van der Waals surface area contributed by atoms with Crippen molar-refractivity contribution in [1.82, 2.24) is 5.32 Å². The molecule has 0 aromatic heterocycles. The maximum atomic E-state index is 13.2. The molecule has 1 heterocycles. The second-order valence-electron chi connectivity index (χ2n) is 7.56. The van der Waals surface area contributed by atoms with E-state index in [0.29, 0.717) is 17.4 Å². The van der Waals surface area contributed by atoms with E-state index in [1.807, 2.05) is 50.2 Å². The largest absolute Gasteiger partial charge is 0.435 e. The van der Waals surface area contributed by atoms with Gasteiger partial charge in [-0.3, -0.25) is 14.5 Å². The molecule has 34 heavy (non-hydrogen) atoms. The van der Waals surface area contributed by atoms with Gasteiger partial charge in [0.15, 0.2) is 5.17 Å². The van der Waals surface area contributed by atoms with E-state index < -0.39 is 6.61 Å². The minimum Gasteiger partial charge on any atom is -0.435 e. The van der Waals surface area contributed by atoms with Crippen molar-refractivity contribution in [3.63, 3.8) is 0 Å². The van der Waals surface area contributed by atoms with Crippen LogP contribution >= 0.6 is 11.8 Å². The molecule has 1 aliphatic heterocycles. The second-order valence-corrected chi connectivity index (χ2v) is 8.50. The molecule has 0 atom stereocenters. The lowest BCUT2D eigenvalue weighted by Gasteiger charge is -2.18. The molecule has 0 bridgehead atoms. The van der Waals surface area contributed by atoms with Gasteiger partial charge in [0.05, 0.1) is 11.4 Å². The van der Waals surface area contributed by atoms with Crippen LogP contribution in [0.2, 0.25) is 0 Å². The number of alkyl halides is 2. The summed E-state index contributed by atoms with van der Waals surface area (Å²) in [5, 5.41) is 3.12. The molecular weight excluding hydrogens is 462 g/mol. The van der Waals surface area contributed by atoms with Gasteiger partial charge in [0, 0.05) is 26.3 Å². The van der Waals surface area contributed by atoms with Gasteiger partial charge in [0.2, 0.25) is 5.91 Å². The third kappa shape index (κ3) is 6.57. The third-order valence-corrected chi connectivity index (χ3v) is 5.71. The maximum absolute atomic E-state index is 13.2. The molecule has 7 nitrogen and oxygen atoms in total. The Balaban J connectivity index is 1.87. The lowest BCUT2D eigenvalue weighted by molar-refractivity contribution is -0.118. The van der Waals surface area contributed by atoms with Crippen LogP contribution in [-0.2, 0) is 9.59 Å². The number of rotatable bonds is 9.